The van der Waals surface area contributed by atoms with Crippen LogP contribution in [0.5, 0.6) is 5.75 Å². The molecule has 6 nitrogen and oxygen atoms in total. The number of hydrogen-bond acceptors (Lipinski definition) is 7. The molecule has 0 fully saturated rings. The molecule has 1 N–H and O–H groups in total. The van der Waals surface area contributed by atoms with Crippen molar-refractivity contribution in [1.82, 2.24) is 19.9 Å². The number of aryl methyl sites for hydroxylation is 1. The number of benzene rings is 2. The van der Waals surface area contributed by atoms with E-state index in [0.29, 0.717) is 11.6 Å². The van der Waals surface area contributed by atoms with Gasteiger partial charge in [0.1, 0.15) is 11.6 Å². The lowest BCUT2D eigenvalue weighted by Crippen LogP contribution is -2.00. The van der Waals surface area contributed by atoms with Gasteiger partial charge in [-0.3, -0.25) is 4.98 Å². The zero-order valence-corrected chi connectivity index (χ0v) is 18.6. The summed E-state index contributed by atoms with van der Waals surface area (Å²) < 4.78 is 5.43. The highest BCUT2D eigenvalue weighted by Gasteiger charge is 2.15. The van der Waals surface area contributed by atoms with Crippen molar-refractivity contribution in [3.63, 3.8) is 0 Å². The molecule has 0 aliphatic heterocycles. The molecule has 0 bridgehead atoms. The summed E-state index contributed by atoms with van der Waals surface area (Å²) in [7, 11) is 1.65. The molecule has 2 aromatic carbocycles. The molecule has 7 heteroatoms. The van der Waals surface area contributed by atoms with E-state index in [1.165, 1.54) is 4.88 Å². The molecule has 32 heavy (non-hydrogen) atoms. The fraction of sp³-hybridized carbons (Fsp3) is 0.120. The fourth-order valence-corrected chi connectivity index (χ4v) is 4.44. The molecule has 158 valence electrons. The number of hydrogen-bond donors (Lipinski definition) is 1. The van der Waals surface area contributed by atoms with Gasteiger partial charge in [-0.2, -0.15) is 0 Å². The van der Waals surface area contributed by atoms with Crippen molar-refractivity contribution in [2.24, 2.45) is 0 Å². The van der Waals surface area contributed by atoms with Gasteiger partial charge in [0.15, 0.2) is 11.0 Å². The quantitative estimate of drug-likeness (QED) is 0.343. The van der Waals surface area contributed by atoms with Crippen LogP contribution >= 0.6 is 11.3 Å². The molecule has 0 saturated heterocycles. The monoisotopic (exact) mass is 439 g/mol. The first-order valence-corrected chi connectivity index (χ1v) is 11.1. The number of methoxy groups -OCH3 is 1. The Morgan fingerprint density at radius 3 is 2.53 bits per heavy atom. The predicted octanol–water partition coefficient (Wildman–Crippen LogP) is 6.13. The van der Waals surface area contributed by atoms with E-state index in [2.05, 4.69) is 29.4 Å². The Hall–Kier alpha value is -3.84. The molecule has 5 rings (SSSR count). The fourth-order valence-electron chi connectivity index (χ4n) is 3.52. The number of anilines is 2. The Morgan fingerprint density at radius 2 is 1.78 bits per heavy atom. The van der Waals surface area contributed by atoms with E-state index in [1.54, 1.807) is 30.8 Å². The van der Waals surface area contributed by atoms with Crippen molar-refractivity contribution in [3.05, 3.63) is 77.9 Å². The second-order valence-corrected chi connectivity index (χ2v) is 8.24. The molecule has 3 heterocycles. The lowest BCUT2D eigenvalue weighted by atomic mass is 10.1. The Balaban J connectivity index is 1.62. The van der Waals surface area contributed by atoms with Gasteiger partial charge < -0.3 is 10.1 Å². The van der Waals surface area contributed by atoms with Gasteiger partial charge in [-0.15, -0.1) is 11.3 Å². The maximum absolute atomic E-state index is 5.43. The highest BCUT2D eigenvalue weighted by molar-refractivity contribution is 7.16. The zero-order chi connectivity index (χ0) is 21.9. The summed E-state index contributed by atoms with van der Waals surface area (Å²) in [4.78, 5) is 19.9. The van der Waals surface area contributed by atoms with Gasteiger partial charge in [-0.05, 0) is 36.8 Å². The van der Waals surface area contributed by atoms with Crippen LogP contribution < -0.4 is 10.1 Å². The summed E-state index contributed by atoms with van der Waals surface area (Å²) in [5.41, 5.74) is 3.78. The largest absolute Gasteiger partial charge is 0.497 e. The first-order valence-electron chi connectivity index (χ1n) is 10.3. The minimum absolute atomic E-state index is 0.605. The molecule has 0 aliphatic rings. The van der Waals surface area contributed by atoms with Crippen LogP contribution in [0.3, 0.4) is 0 Å². The number of nitrogens with one attached hydrogen (secondary N) is 1. The van der Waals surface area contributed by atoms with E-state index in [9.17, 15) is 0 Å². The van der Waals surface area contributed by atoms with E-state index in [4.69, 9.17) is 19.7 Å². The molecule has 0 saturated carbocycles. The number of ether oxygens (including phenoxy) is 1. The molecule has 0 radical (unpaired) electrons. The van der Waals surface area contributed by atoms with Crippen LogP contribution in [0.1, 0.15) is 11.8 Å². The molecule has 0 unspecified atom stereocenters. The first kappa shape index (κ1) is 20.1. The molecular weight excluding hydrogens is 418 g/mol. The van der Waals surface area contributed by atoms with Crippen LogP contribution in [0.4, 0.5) is 10.9 Å². The average molecular weight is 440 g/mol. The van der Waals surface area contributed by atoms with E-state index in [0.717, 1.165) is 45.0 Å². The summed E-state index contributed by atoms with van der Waals surface area (Å²) in [5.74, 6) is 2.04. The van der Waals surface area contributed by atoms with E-state index in [-0.39, 0.29) is 0 Å². The highest BCUT2D eigenvalue weighted by atomic mass is 32.1. The minimum Gasteiger partial charge on any atom is -0.497 e. The van der Waals surface area contributed by atoms with Gasteiger partial charge in [0.2, 0.25) is 0 Å². The molecule has 0 atom stereocenters. The lowest BCUT2D eigenvalue weighted by Gasteiger charge is -2.10. The maximum atomic E-state index is 5.43. The Labute approximate surface area is 190 Å². The lowest BCUT2D eigenvalue weighted by molar-refractivity contribution is 0.415. The Kier molecular flexibility index (Phi) is 5.47. The third-order valence-corrected chi connectivity index (χ3v) is 6.23. The van der Waals surface area contributed by atoms with Crippen LogP contribution in [-0.2, 0) is 6.42 Å². The number of aromatic nitrogens is 4. The standard InChI is InChI=1S/C25H21N5OS/c1-3-21-22(16-8-5-4-6-9-16)28-25(32-21)30-24-19-14-18(31-2)11-12-20(19)27-23(29-24)17-10-7-13-26-15-17/h4-15H,3H2,1-2H3,(H,27,28,29,30). The Morgan fingerprint density at radius 1 is 0.938 bits per heavy atom. The second-order valence-electron chi connectivity index (χ2n) is 7.16. The van der Waals surface area contributed by atoms with Crippen molar-refractivity contribution < 1.29 is 4.74 Å². The summed E-state index contributed by atoms with van der Waals surface area (Å²) in [6.07, 6.45) is 4.41. The highest BCUT2D eigenvalue weighted by Crippen LogP contribution is 2.35. The van der Waals surface area contributed by atoms with Crippen LogP contribution in [-0.4, -0.2) is 27.0 Å². The zero-order valence-electron chi connectivity index (χ0n) is 17.7. The number of rotatable bonds is 6. The summed E-state index contributed by atoms with van der Waals surface area (Å²) in [6, 6.07) is 19.9. The van der Waals surface area contributed by atoms with Crippen LogP contribution in [0, 0.1) is 0 Å². The van der Waals surface area contributed by atoms with Gasteiger partial charge in [0.25, 0.3) is 0 Å². The summed E-state index contributed by atoms with van der Waals surface area (Å²) in [5, 5.41) is 5.11. The van der Waals surface area contributed by atoms with Gasteiger partial charge in [0, 0.05) is 33.8 Å². The molecule has 0 spiro atoms. The van der Waals surface area contributed by atoms with Crippen molar-refractivity contribution >= 4 is 33.2 Å². The SMILES string of the molecule is CCc1sc(Nc2nc(-c3cccnc3)nc3ccc(OC)cc23)nc1-c1ccccc1. The average Bonchev–Trinajstić information content (AvgIpc) is 3.27. The van der Waals surface area contributed by atoms with Crippen LogP contribution in [0.2, 0.25) is 0 Å². The van der Waals surface area contributed by atoms with Gasteiger partial charge >= 0.3 is 0 Å². The maximum Gasteiger partial charge on any atom is 0.189 e. The minimum atomic E-state index is 0.605. The summed E-state index contributed by atoms with van der Waals surface area (Å²) in [6.45, 7) is 2.15. The molecular formula is C25H21N5OS. The summed E-state index contributed by atoms with van der Waals surface area (Å²) >= 11 is 1.64. The van der Waals surface area contributed by atoms with Crippen molar-refractivity contribution in [1.29, 1.82) is 0 Å². The first-order chi connectivity index (χ1) is 15.7. The third kappa shape index (κ3) is 3.90. The van der Waals surface area contributed by atoms with Crippen LogP contribution in [0.25, 0.3) is 33.5 Å². The Bertz CT molecular complexity index is 1370. The molecule has 0 amide bonds. The van der Waals surface area contributed by atoms with Gasteiger partial charge in [0.05, 0.1) is 18.3 Å². The normalized spacial score (nSPS) is 10.9. The third-order valence-electron chi connectivity index (χ3n) is 5.11. The van der Waals surface area contributed by atoms with Crippen molar-refractivity contribution in [3.8, 4) is 28.4 Å². The topological polar surface area (TPSA) is 72.8 Å². The van der Waals surface area contributed by atoms with Crippen molar-refractivity contribution in [2.75, 3.05) is 12.4 Å². The van der Waals surface area contributed by atoms with Gasteiger partial charge in [-0.25, -0.2) is 15.0 Å². The second kappa shape index (κ2) is 8.72. The number of fused-ring (bicyclic) bond motifs is 1. The molecule has 0 aliphatic carbocycles. The smallest absolute Gasteiger partial charge is 0.189 e. The van der Waals surface area contributed by atoms with Gasteiger partial charge in [-0.1, -0.05) is 37.3 Å². The number of nitrogens with zero attached hydrogens (tertiary/aromatic N) is 4. The van der Waals surface area contributed by atoms with E-state index < -0.39 is 0 Å². The molecule has 5 aromatic rings. The predicted molar refractivity (Wildman–Crippen MR) is 130 cm³/mol. The van der Waals surface area contributed by atoms with Crippen LogP contribution in [0.15, 0.2) is 73.1 Å². The number of pyridine rings is 1. The molecule has 3 aromatic heterocycles. The van der Waals surface area contributed by atoms with E-state index in [1.807, 2.05) is 48.5 Å². The van der Waals surface area contributed by atoms with Crippen molar-refractivity contribution in [2.45, 2.75) is 13.3 Å². The number of thiazole rings is 1. The van der Waals surface area contributed by atoms with E-state index >= 15 is 0 Å².